The van der Waals surface area contributed by atoms with E-state index in [1.54, 1.807) is 12.4 Å². The van der Waals surface area contributed by atoms with Crippen molar-refractivity contribution >= 4 is 12.1 Å². The minimum Gasteiger partial charge on any atom is -0.324 e. The Bertz CT molecular complexity index is 816. The predicted octanol–water partition coefficient (Wildman–Crippen LogP) is 2.22. The SMILES string of the molecule is CCCC1=C(Cn2ccnc2-c2ccccn2)N=CC2=NNCN21. The first-order valence-electron chi connectivity index (χ1n) is 8.13. The van der Waals surface area contributed by atoms with Crippen LogP contribution in [-0.4, -0.2) is 38.2 Å². The van der Waals surface area contributed by atoms with Crippen molar-refractivity contribution in [1.29, 1.82) is 0 Å². The molecule has 2 aromatic rings. The summed E-state index contributed by atoms with van der Waals surface area (Å²) < 4.78 is 2.09. The molecular formula is C17H19N7. The van der Waals surface area contributed by atoms with Gasteiger partial charge < -0.3 is 9.47 Å². The van der Waals surface area contributed by atoms with Crippen LogP contribution in [0.3, 0.4) is 0 Å². The number of hydrazone groups is 1. The molecule has 0 saturated heterocycles. The average molecular weight is 321 g/mol. The summed E-state index contributed by atoms with van der Waals surface area (Å²) in [5.41, 5.74) is 6.17. The normalized spacial score (nSPS) is 16.2. The predicted molar refractivity (Wildman–Crippen MR) is 93.2 cm³/mol. The topological polar surface area (TPSA) is 70.7 Å². The van der Waals surface area contributed by atoms with Gasteiger partial charge >= 0.3 is 0 Å². The molecule has 0 atom stereocenters. The summed E-state index contributed by atoms with van der Waals surface area (Å²) in [7, 11) is 0. The van der Waals surface area contributed by atoms with Gasteiger partial charge in [-0.1, -0.05) is 19.4 Å². The van der Waals surface area contributed by atoms with Gasteiger partial charge in [-0.15, -0.1) is 0 Å². The third-order valence-electron chi connectivity index (χ3n) is 4.11. The first-order valence-corrected chi connectivity index (χ1v) is 8.13. The molecule has 24 heavy (non-hydrogen) atoms. The zero-order valence-corrected chi connectivity index (χ0v) is 13.6. The fourth-order valence-electron chi connectivity index (χ4n) is 3.00. The van der Waals surface area contributed by atoms with E-state index >= 15 is 0 Å². The third kappa shape index (κ3) is 2.58. The number of imidazole rings is 1. The van der Waals surface area contributed by atoms with E-state index in [4.69, 9.17) is 0 Å². The molecule has 4 heterocycles. The number of hydrogen-bond acceptors (Lipinski definition) is 6. The van der Waals surface area contributed by atoms with Crippen LogP contribution in [0.2, 0.25) is 0 Å². The van der Waals surface area contributed by atoms with E-state index in [1.807, 2.05) is 30.6 Å². The van der Waals surface area contributed by atoms with E-state index in [-0.39, 0.29) is 0 Å². The van der Waals surface area contributed by atoms with Crippen LogP contribution in [0.1, 0.15) is 19.8 Å². The quantitative estimate of drug-likeness (QED) is 0.916. The Hall–Kier alpha value is -2.96. The summed E-state index contributed by atoms with van der Waals surface area (Å²) in [4.78, 5) is 15.7. The molecule has 0 aromatic carbocycles. The Morgan fingerprint density at radius 2 is 2.17 bits per heavy atom. The number of nitrogens with one attached hydrogen (secondary N) is 1. The van der Waals surface area contributed by atoms with Gasteiger partial charge in [0.2, 0.25) is 0 Å². The highest BCUT2D eigenvalue weighted by molar-refractivity contribution is 6.31. The van der Waals surface area contributed by atoms with Crippen molar-refractivity contribution in [3.8, 4) is 11.5 Å². The standard InChI is InChI=1S/C17H19N7/c1-2-5-15-14(20-10-16-22-21-12-24(15)16)11-23-9-8-19-17(23)13-6-3-4-7-18-13/h3-4,6-10,21H,2,5,11-12H2,1H3. The highest BCUT2D eigenvalue weighted by atomic mass is 15.5. The van der Waals surface area contributed by atoms with E-state index in [2.05, 4.69) is 41.9 Å². The van der Waals surface area contributed by atoms with Crippen molar-refractivity contribution in [2.45, 2.75) is 26.3 Å². The van der Waals surface area contributed by atoms with Crippen LogP contribution in [0.15, 0.2) is 58.3 Å². The summed E-state index contributed by atoms with van der Waals surface area (Å²) in [5.74, 6) is 1.74. The van der Waals surface area contributed by atoms with Gasteiger partial charge in [0.1, 0.15) is 12.4 Å². The lowest BCUT2D eigenvalue weighted by Crippen LogP contribution is -2.33. The van der Waals surface area contributed by atoms with E-state index in [0.717, 1.165) is 35.9 Å². The lowest BCUT2D eigenvalue weighted by molar-refractivity contribution is 0.477. The maximum atomic E-state index is 4.65. The van der Waals surface area contributed by atoms with Crippen molar-refractivity contribution in [3.05, 3.63) is 48.2 Å². The molecule has 2 aliphatic heterocycles. The highest BCUT2D eigenvalue weighted by Crippen LogP contribution is 2.25. The first-order chi connectivity index (χ1) is 11.9. The van der Waals surface area contributed by atoms with E-state index in [0.29, 0.717) is 13.2 Å². The lowest BCUT2D eigenvalue weighted by Gasteiger charge is -2.26. The number of hydrogen-bond donors (Lipinski definition) is 1. The summed E-state index contributed by atoms with van der Waals surface area (Å²) in [6.07, 6.45) is 9.43. The van der Waals surface area contributed by atoms with Crippen molar-refractivity contribution in [2.75, 3.05) is 6.67 Å². The van der Waals surface area contributed by atoms with Gasteiger partial charge in [-0.2, -0.15) is 5.10 Å². The molecule has 0 spiro atoms. The van der Waals surface area contributed by atoms with Crippen LogP contribution in [0.5, 0.6) is 0 Å². The fourth-order valence-corrected chi connectivity index (χ4v) is 3.00. The van der Waals surface area contributed by atoms with Crippen molar-refractivity contribution < 1.29 is 0 Å². The second-order valence-electron chi connectivity index (χ2n) is 5.71. The molecule has 4 rings (SSSR count). The Labute approximate surface area is 140 Å². The molecule has 0 unspecified atom stereocenters. The maximum absolute atomic E-state index is 4.65. The molecule has 0 bridgehead atoms. The highest BCUT2D eigenvalue weighted by Gasteiger charge is 2.25. The molecule has 0 fully saturated rings. The Balaban J connectivity index is 1.68. The number of aliphatic imine (C=N–C) groups is 1. The monoisotopic (exact) mass is 321 g/mol. The average Bonchev–Trinajstić information content (AvgIpc) is 3.27. The number of fused-ring (bicyclic) bond motifs is 1. The molecule has 122 valence electrons. The van der Waals surface area contributed by atoms with Crippen molar-refractivity contribution in [3.63, 3.8) is 0 Å². The second-order valence-corrected chi connectivity index (χ2v) is 5.71. The number of pyridine rings is 1. The molecule has 2 aliphatic rings. The molecule has 2 aromatic heterocycles. The minimum absolute atomic E-state index is 0.668. The second kappa shape index (κ2) is 6.27. The summed E-state index contributed by atoms with van der Waals surface area (Å²) in [6, 6.07) is 5.85. The Kier molecular flexibility index (Phi) is 3.82. The molecule has 0 radical (unpaired) electrons. The van der Waals surface area contributed by atoms with Crippen molar-refractivity contribution in [1.82, 2.24) is 24.9 Å². The largest absolute Gasteiger partial charge is 0.324 e. The van der Waals surface area contributed by atoms with Crippen LogP contribution >= 0.6 is 0 Å². The lowest BCUT2D eigenvalue weighted by atomic mass is 10.1. The van der Waals surface area contributed by atoms with Gasteiger partial charge in [0.15, 0.2) is 11.7 Å². The number of amidine groups is 1. The number of allylic oxidation sites excluding steroid dienone is 2. The summed E-state index contributed by atoms with van der Waals surface area (Å²) in [5, 5.41) is 4.27. The van der Waals surface area contributed by atoms with E-state index in [1.165, 1.54) is 5.70 Å². The molecule has 0 aliphatic carbocycles. The summed E-state index contributed by atoms with van der Waals surface area (Å²) in [6.45, 7) is 3.55. The van der Waals surface area contributed by atoms with Crippen molar-refractivity contribution in [2.24, 2.45) is 10.1 Å². The summed E-state index contributed by atoms with van der Waals surface area (Å²) >= 11 is 0. The Morgan fingerprint density at radius 1 is 1.21 bits per heavy atom. The van der Waals surface area contributed by atoms with E-state index in [9.17, 15) is 0 Å². The van der Waals surface area contributed by atoms with Gasteiger partial charge in [0, 0.05) is 24.3 Å². The molecule has 0 saturated carbocycles. The zero-order valence-electron chi connectivity index (χ0n) is 13.6. The fraction of sp³-hybridized carbons (Fsp3) is 0.294. The minimum atomic E-state index is 0.668. The van der Waals surface area contributed by atoms with Crippen LogP contribution in [0.25, 0.3) is 11.5 Å². The van der Waals surface area contributed by atoms with Gasteiger partial charge in [-0.25, -0.2) is 4.98 Å². The smallest absolute Gasteiger partial charge is 0.172 e. The maximum Gasteiger partial charge on any atom is 0.172 e. The molecule has 0 amide bonds. The van der Waals surface area contributed by atoms with Gasteiger partial charge in [0.25, 0.3) is 0 Å². The van der Waals surface area contributed by atoms with Gasteiger partial charge in [-0.05, 0) is 18.6 Å². The van der Waals surface area contributed by atoms with Crippen LogP contribution in [-0.2, 0) is 6.54 Å². The number of aromatic nitrogens is 3. The number of rotatable bonds is 5. The molecule has 7 heteroatoms. The zero-order chi connectivity index (χ0) is 16.4. The van der Waals surface area contributed by atoms with Gasteiger partial charge in [0.05, 0.1) is 18.5 Å². The molecular weight excluding hydrogens is 302 g/mol. The van der Waals surface area contributed by atoms with Crippen LogP contribution in [0.4, 0.5) is 0 Å². The molecule has 1 N–H and O–H groups in total. The van der Waals surface area contributed by atoms with Crippen LogP contribution < -0.4 is 5.43 Å². The first kappa shape index (κ1) is 14.6. The van der Waals surface area contributed by atoms with Crippen LogP contribution in [0, 0.1) is 0 Å². The third-order valence-corrected chi connectivity index (χ3v) is 4.11. The molecule has 7 nitrogen and oxygen atoms in total. The Morgan fingerprint density at radius 3 is 3.00 bits per heavy atom. The number of nitrogens with zero attached hydrogens (tertiary/aromatic N) is 6. The van der Waals surface area contributed by atoms with Gasteiger partial charge in [-0.3, -0.25) is 15.4 Å². The van der Waals surface area contributed by atoms with E-state index < -0.39 is 0 Å².